The van der Waals surface area contributed by atoms with E-state index in [1.807, 2.05) is 0 Å². The van der Waals surface area contributed by atoms with Gasteiger partial charge in [0.25, 0.3) is 5.24 Å². The number of hydrogen-bond donors (Lipinski definition) is 0. The number of hydrogen-bond acceptors (Lipinski definition) is 2. The average Bonchev–Trinajstić information content (AvgIpc) is 2.69. The molecule has 0 aromatic heterocycles. The normalized spacial score (nSPS) is 12.1. The molecule has 0 heterocycles. The van der Waals surface area contributed by atoms with E-state index >= 15 is 0 Å². The highest BCUT2D eigenvalue weighted by Gasteiger charge is 2.42. The van der Waals surface area contributed by atoms with Gasteiger partial charge in [0.1, 0.15) is 0 Å². The van der Waals surface area contributed by atoms with Crippen LogP contribution in [-0.2, 0) is 4.79 Å². The zero-order valence-corrected chi connectivity index (χ0v) is 20.3. The number of carbonyl (C=O) groups excluding carboxylic acids is 2. The minimum atomic E-state index is -4.95. The molecule has 7 heteroatoms. The molecule has 0 unspecified atom stereocenters. The minimum Gasteiger partial charge on any atom is -0.305 e. The van der Waals surface area contributed by atoms with Crippen molar-refractivity contribution in [1.29, 1.82) is 0 Å². The predicted octanol–water partition coefficient (Wildman–Crippen LogP) is 8.30. The van der Waals surface area contributed by atoms with Crippen molar-refractivity contribution in [1.82, 2.24) is 0 Å². The summed E-state index contributed by atoms with van der Waals surface area (Å²) < 4.78 is 39.0. The molecule has 0 spiro atoms. The van der Waals surface area contributed by atoms with Crippen LogP contribution in [0.4, 0.5) is 18.9 Å². The van der Waals surface area contributed by atoms with E-state index in [2.05, 4.69) is 20.8 Å². The molecule has 0 radical (unpaired) electrons. The van der Waals surface area contributed by atoms with Crippen LogP contribution in [0.25, 0.3) is 0 Å². The molecular weight excluding hydrogens is 439 g/mol. The molecule has 0 saturated carbocycles. The summed E-state index contributed by atoms with van der Waals surface area (Å²) in [5, 5.41) is -0.699. The molecule has 0 N–H and O–H groups in total. The van der Waals surface area contributed by atoms with E-state index in [9.17, 15) is 22.8 Å². The highest BCUT2D eigenvalue weighted by molar-refractivity contribution is 6.67. The highest BCUT2D eigenvalue weighted by atomic mass is 35.5. The van der Waals surface area contributed by atoms with Crippen LogP contribution in [0.15, 0.2) is 24.3 Å². The number of anilines is 1. The van der Waals surface area contributed by atoms with Crippen molar-refractivity contribution in [2.45, 2.75) is 97.6 Å². The second-order valence-corrected chi connectivity index (χ2v) is 9.96. The first-order valence-electron chi connectivity index (χ1n) is 11.6. The summed E-state index contributed by atoms with van der Waals surface area (Å²) >= 11 is 5.37. The zero-order valence-electron chi connectivity index (χ0n) is 19.6. The summed E-state index contributed by atoms with van der Waals surface area (Å²) in [5.41, 5.74) is 0.692. The average molecular weight is 476 g/mol. The number of benzene rings is 1. The van der Waals surface area contributed by atoms with E-state index in [4.69, 9.17) is 11.6 Å². The predicted molar refractivity (Wildman–Crippen MR) is 125 cm³/mol. The van der Waals surface area contributed by atoms with E-state index in [-0.39, 0.29) is 17.8 Å². The first-order valence-corrected chi connectivity index (χ1v) is 12.0. The standard InChI is InChI=1S/C25H37ClF3NO2/c1-24(2,3)18-12-10-8-6-4-5-7-9-11-13-19-30(23(32)25(27,28)29)21-16-14-20(15-17-21)22(26)31/h14-17H,4-13,18-19H2,1-3H3. The summed E-state index contributed by atoms with van der Waals surface area (Å²) in [5.74, 6) is -1.89. The third-order valence-electron chi connectivity index (χ3n) is 5.45. The maximum atomic E-state index is 13.0. The van der Waals surface area contributed by atoms with Crippen molar-refractivity contribution in [2.75, 3.05) is 11.4 Å². The molecule has 1 rings (SSSR count). The zero-order chi connectivity index (χ0) is 24.2. The van der Waals surface area contributed by atoms with Crippen LogP contribution in [0.3, 0.4) is 0 Å². The maximum Gasteiger partial charge on any atom is 0.471 e. The van der Waals surface area contributed by atoms with Crippen LogP contribution < -0.4 is 4.90 Å². The lowest BCUT2D eigenvalue weighted by atomic mass is 9.89. The Kier molecular flexibility index (Phi) is 12.3. The van der Waals surface area contributed by atoms with Crippen molar-refractivity contribution >= 4 is 28.4 Å². The van der Waals surface area contributed by atoms with Gasteiger partial charge in [-0.1, -0.05) is 78.6 Å². The molecule has 1 amide bonds. The summed E-state index contributed by atoms with van der Waals surface area (Å²) in [6.07, 6.45) is 6.96. The van der Waals surface area contributed by atoms with Gasteiger partial charge in [-0.2, -0.15) is 13.2 Å². The van der Waals surface area contributed by atoms with Crippen molar-refractivity contribution in [3.8, 4) is 0 Å². The summed E-state index contributed by atoms with van der Waals surface area (Å²) in [6.45, 7) is 6.79. The molecule has 1 aromatic carbocycles. The number of carbonyl (C=O) groups is 2. The van der Waals surface area contributed by atoms with Crippen LogP contribution in [-0.4, -0.2) is 23.9 Å². The fourth-order valence-electron chi connectivity index (χ4n) is 3.61. The quantitative estimate of drug-likeness (QED) is 0.200. The Morgan fingerprint density at radius 2 is 1.22 bits per heavy atom. The summed E-state index contributed by atoms with van der Waals surface area (Å²) in [4.78, 5) is 23.7. The number of alkyl halides is 3. The number of unbranched alkanes of at least 4 members (excludes halogenated alkanes) is 9. The third kappa shape index (κ3) is 11.9. The van der Waals surface area contributed by atoms with Crippen LogP contribution >= 0.6 is 11.6 Å². The SMILES string of the molecule is CC(C)(C)CCCCCCCCCCCCN(C(=O)C(F)(F)F)c1ccc(C(=O)Cl)cc1. The molecule has 0 aliphatic carbocycles. The van der Waals surface area contributed by atoms with Crippen LogP contribution in [0.1, 0.15) is 102 Å². The molecule has 0 aliphatic heterocycles. The number of amides is 1. The smallest absolute Gasteiger partial charge is 0.305 e. The van der Waals surface area contributed by atoms with Crippen molar-refractivity contribution in [3.05, 3.63) is 29.8 Å². The van der Waals surface area contributed by atoms with Crippen molar-refractivity contribution < 1.29 is 22.8 Å². The highest BCUT2D eigenvalue weighted by Crippen LogP contribution is 2.25. The number of halogens is 4. The Morgan fingerprint density at radius 3 is 1.62 bits per heavy atom. The van der Waals surface area contributed by atoms with Gasteiger partial charge in [0.05, 0.1) is 0 Å². The topological polar surface area (TPSA) is 37.4 Å². The van der Waals surface area contributed by atoms with E-state index < -0.39 is 17.3 Å². The Bertz CT molecular complexity index is 697. The van der Waals surface area contributed by atoms with Gasteiger partial charge in [-0.05, 0) is 54.1 Å². The van der Waals surface area contributed by atoms with Gasteiger partial charge in [-0.3, -0.25) is 9.59 Å². The summed E-state index contributed by atoms with van der Waals surface area (Å²) in [7, 11) is 0. The molecule has 0 bridgehead atoms. The van der Waals surface area contributed by atoms with Crippen molar-refractivity contribution in [2.24, 2.45) is 5.41 Å². The molecule has 1 aromatic rings. The second kappa shape index (κ2) is 13.9. The Labute approximate surface area is 195 Å². The lowest BCUT2D eigenvalue weighted by molar-refractivity contribution is -0.170. The van der Waals surface area contributed by atoms with Gasteiger partial charge in [-0.25, -0.2) is 0 Å². The van der Waals surface area contributed by atoms with E-state index in [1.54, 1.807) is 0 Å². The van der Waals surface area contributed by atoms with Crippen LogP contribution in [0.5, 0.6) is 0 Å². The van der Waals surface area contributed by atoms with E-state index in [1.165, 1.54) is 62.8 Å². The van der Waals surface area contributed by atoms with Gasteiger partial charge in [0, 0.05) is 17.8 Å². The molecule has 32 heavy (non-hydrogen) atoms. The first kappa shape index (κ1) is 28.5. The third-order valence-corrected chi connectivity index (χ3v) is 5.67. The fraction of sp³-hybridized carbons (Fsp3) is 0.680. The fourth-order valence-corrected chi connectivity index (χ4v) is 3.74. The van der Waals surface area contributed by atoms with Gasteiger partial charge in [0.15, 0.2) is 0 Å². The van der Waals surface area contributed by atoms with Gasteiger partial charge < -0.3 is 4.90 Å². The van der Waals surface area contributed by atoms with Crippen LogP contribution in [0, 0.1) is 5.41 Å². The molecule has 0 saturated heterocycles. The van der Waals surface area contributed by atoms with E-state index in [0.29, 0.717) is 11.8 Å². The Balaban J connectivity index is 2.32. The van der Waals surface area contributed by atoms with Crippen molar-refractivity contribution in [3.63, 3.8) is 0 Å². The Morgan fingerprint density at radius 1 is 0.781 bits per heavy atom. The molecule has 0 atom stereocenters. The van der Waals surface area contributed by atoms with Gasteiger partial charge in [-0.15, -0.1) is 0 Å². The molecule has 3 nitrogen and oxygen atoms in total. The minimum absolute atomic E-state index is 0.0136. The monoisotopic (exact) mass is 475 g/mol. The van der Waals surface area contributed by atoms with Crippen LogP contribution in [0.2, 0.25) is 0 Å². The number of nitrogens with zero attached hydrogens (tertiary/aromatic N) is 1. The molecule has 0 fully saturated rings. The van der Waals surface area contributed by atoms with Gasteiger partial charge >= 0.3 is 12.1 Å². The second-order valence-electron chi connectivity index (χ2n) is 9.62. The lowest BCUT2D eigenvalue weighted by Gasteiger charge is -2.24. The lowest BCUT2D eigenvalue weighted by Crippen LogP contribution is -2.41. The first-order chi connectivity index (χ1) is 14.9. The largest absolute Gasteiger partial charge is 0.471 e. The molecule has 182 valence electrons. The number of rotatable bonds is 14. The molecule has 0 aliphatic rings. The van der Waals surface area contributed by atoms with E-state index in [0.717, 1.165) is 30.6 Å². The Hall–Kier alpha value is -1.56. The summed E-state index contributed by atoms with van der Waals surface area (Å²) in [6, 6.07) is 5.29. The molecular formula is C25H37ClF3NO2. The maximum absolute atomic E-state index is 13.0. The van der Waals surface area contributed by atoms with Gasteiger partial charge in [0.2, 0.25) is 0 Å².